The first-order chi connectivity index (χ1) is 15.6. The van der Waals surface area contributed by atoms with E-state index in [-0.39, 0.29) is 17.4 Å². The molecular weight excluding hydrogens is 442 g/mol. The molecule has 2 atom stereocenters. The summed E-state index contributed by atoms with van der Waals surface area (Å²) in [6.07, 6.45) is -3.61. The van der Waals surface area contributed by atoms with Crippen molar-refractivity contribution < 1.29 is 27.1 Å². The molecule has 11 heteroatoms. The smallest absolute Gasteiger partial charge is 0.408 e. The zero-order chi connectivity index (χ0) is 23.8. The number of anilines is 1. The van der Waals surface area contributed by atoms with Gasteiger partial charge in [-0.1, -0.05) is 12.1 Å². The highest BCUT2D eigenvalue weighted by Gasteiger charge is 2.35. The van der Waals surface area contributed by atoms with Gasteiger partial charge in [0.15, 0.2) is 5.75 Å². The predicted octanol–water partition coefficient (Wildman–Crippen LogP) is 4.49. The van der Waals surface area contributed by atoms with Gasteiger partial charge in [0, 0.05) is 18.0 Å². The summed E-state index contributed by atoms with van der Waals surface area (Å²) in [4.78, 5) is 21.7. The molecule has 0 aliphatic carbocycles. The molecule has 0 saturated carbocycles. The number of ether oxygens (including phenoxy) is 1. The van der Waals surface area contributed by atoms with Crippen LogP contribution in [0.25, 0.3) is 10.9 Å². The van der Waals surface area contributed by atoms with E-state index in [2.05, 4.69) is 20.2 Å². The molecule has 4 rings (SSSR count). The number of fused-ring (bicyclic) bond motifs is 1. The number of alkyl halides is 3. The van der Waals surface area contributed by atoms with Crippen LogP contribution >= 0.6 is 0 Å². The van der Waals surface area contributed by atoms with Gasteiger partial charge in [-0.2, -0.15) is 13.2 Å². The second kappa shape index (κ2) is 8.81. The van der Waals surface area contributed by atoms with Gasteiger partial charge in [0.2, 0.25) is 0 Å². The number of primary amides is 1. The van der Waals surface area contributed by atoms with Crippen molar-refractivity contribution in [3.8, 4) is 5.75 Å². The predicted molar refractivity (Wildman–Crippen MR) is 113 cm³/mol. The fourth-order valence-electron chi connectivity index (χ4n) is 3.82. The summed E-state index contributed by atoms with van der Waals surface area (Å²) in [6, 6.07) is 7.42. The third-order valence-electron chi connectivity index (χ3n) is 5.72. The molecule has 1 saturated heterocycles. The number of nitrogens with two attached hydrogens (primary N) is 1. The Hall–Kier alpha value is -3.47. The molecule has 0 bridgehead atoms. The fourth-order valence-corrected chi connectivity index (χ4v) is 3.82. The number of carbonyl (C=O) groups excluding carboxylic acids is 1. The Labute approximate surface area is 186 Å². The summed E-state index contributed by atoms with van der Waals surface area (Å²) in [5, 5.41) is 3.66. The molecule has 1 unspecified atom stereocenters. The monoisotopic (exact) mass is 463 g/mol. The van der Waals surface area contributed by atoms with Crippen LogP contribution in [0, 0.1) is 5.82 Å². The highest BCUT2D eigenvalue weighted by molar-refractivity contribution is 5.94. The lowest BCUT2D eigenvalue weighted by Crippen LogP contribution is -2.48. The van der Waals surface area contributed by atoms with E-state index in [9.17, 15) is 22.4 Å². The normalized spacial score (nSPS) is 17.4. The van der Waals surface area contributed by atoms with Gasteiger partial charge in [-0.15, -0.1) is 0 Å². The first-order valence-corrected chi connectivity index (χ1v) is 10.2. The molecule has 1 aliphatic rings. The van der Waals surface area contributed by atoms with Gasteiger partial charge in [0.05, 0.1) is 11.6 Å². The highest BCUT2D eigenvalue weighted by Crippen LogP contribution is 2.35. The number of carbonyl (C=O) groups is 1. The van der Waals surface area contributed by atoms with Gasteiger partial charge in [-0.05, 0) is 49.7 Å². The number of hydrogen-bond donors (Lipinski definition) is 2. The summed E-state index contributed by atoms with van der Waals surface area (Å²) in [6.45, 7) is 3.21. The molecule has 0 spiro atoms. The number of benzene rings is 2. The van der Waals surface area contributed by atoms with Gasteiger partial charge in [0.25, 0.3) is 0 Å². The number of amides is 1. The molecule has 1 aromatic heterocycles. The van der Waals surface area contributed by atoms with E-state index in [1.165, 1.54) is 18.5 Å². The van der Waals surface area contributed by atoms with E-state index in [0.717, 1.165) is 25.1 Å². The maximum absolute atomic E-state index is 13.9. The average Bonchev–Trinajstić information content (AvgIpc) is 2.75. The van der Waals surface area contributed by atoms with Crippen molar-refractivity contribution in [1.82, 2.24) is 14.9 Å². The highest BCUT2D eigenvalue weighted by atomic mass is 19.4. The molecule has 0 radical (unpaired) electrons. The van der Waals surface area contributed by atoms with Crippen LogP contribution in [-0.4, -0.2) is 40.1 Å². The van der Waals surface area contributed by atoms with Crippen LogP contribution in [0.3, 0.4) is 0 Å². The molecule has 1 fully saturated rings. The van der Waals surface area contributed by atoms with Crippen molar-refractivity contribution in [3.05, 3.63) is 59.7 Å². The van der Waals surface area contributed by atoms with E-state index < -0.39 is 29.7 Å². The van der Waals surface area contributed by atoms with Crippen LogP contribution in [0.4, 0.5) is 28.2 Å². The van der Waals surface area contributed by atoms with E-state index in [1.54, 1.807) is 12.1 Å². The largest absolute Gasteiger partial charge is 0.419 e. The van der Waals surface area contributed by atoms with Crippen molar-refractivity contribution in [2.24, 2.45) is 5.73 Å². The molecule has 3 aromatic rings. The van der Waals surface area contributed by atoms with Gasteiger partial charge in [-0.25, -0.2) is 19.2 Å². The summed E-state index contributed by atoms with van der Waals surface area (Å²) in [7, 11) is 0. The lowest BCUT2D eigenvalue weighted by atomic mass is 9.98. The third-order valence-corrected chi connectivity index (χ3v) is 5.72. The van der Waals surface area contributed by atoms with E-state index in [0.29, 0.717) is 23.3 Å². The molecule has 2 heterocycles. The Morgan fingerprint density at radius 1 is 1.30 bits per heavy atom. The lowest BCUT2D eigenvalue weighted by molar-refractivity contribution is -0.140. The van der Waals surface area contributed by atoms with Gasteiger partial charge in [0.1, 0.15) is 23.5 Å². The molecule has 2 aromatic carbocycles. The number of halogens is 4. The fraction of sp³-hybridized carbons (Fsp3) is 0.318. The van der Waals surface area contributed by atoms with E-state index >= 15 is 0 Å². The molecule has 1 amide bonds. The number of likely N-dealkylation sites (tertiary alicyclic amines) is 1. The number of para-hydroxylation sites is 1. The maximum atomic E-state index is 13.9. The molecular formula is C22H21F4N5O2. The zero-order valence-electron chi connectivity index (χ0n) is 17.6. The minimum absolute atomic E-state index is 0.125. The summed E-state index contributed by atoms with van der Waals surface area (Å²) in [5.41, 5.74) is 4.36. The first-order valence-electron chi connectivity index (χ1n) is 10.2. The molecule has 3 N–H and O–H groups in total. The Morgan fingerprint density at radius 2 is 2.09 bits per heavy atom. The standard InChI is InChI=1S/C22H21F4N5O2/c1-12-7-8-31(12)10-17(13-5-6-16(23)15(9-13)22(24,25)26)30-20-14-3-2-4-18(33-21(27)32)19(14)28-11-29-20/h2-6,9,11-12,17H,7-8,10H2,1H3,(H2,27,32)(H,28,29,30)/t12-,17?/m0/s1. The van der Waals surface area contributed by atoms with Crippen LogP contribution in [-0.2, 0) is 6.18 Å². The first kappa shape index (κ1) is 22.7. The zero-order valence-corrected chi connectivity index (χ0v) is 17.6. The van der Waals surface area contributed by atoms with Crippen LogP contribution < -0.4 is 15.8 Å². The van der Waals surface area contributed by atoms with Crippen LogP contribution in [0.15, 0.2) is 42.7 Å². The van der Waals surface area contributed by atoms with Gasteiger partial charge in [-0.3, -0.25) is 4.90 Å². The number of nitrogens with zero attached hydrogens (tertiary/aromatic N) is 3. The number of aromatic nitrogens is 2. The van der Waals surface area contributed by atoms with Crippen molar-refractivity contribution in [3.63, 3.8) is 0 Å². The van der Waals surface area contributed by atoms with Crippen LogP contribution in [0.2, 0.25) is 0 Å². The SMILES string of the molecule is C[C@H]1CCN1CC(Nc1ncnc2c(OC(N)=O)cccc12)c1ccc(F)c(C(F)(F)F)c1. The number of rotatable bonds is 6. The maximum Gasteiger partial charge on any atom is 0.419 e. The van der Waals surface area contributed by atoms with Crippen LogP contribution in [0.1, 0.15) is 30.5 Å². The lowest BCUT2D eigenvalue weighted by Gasteiger charge is -2.41. The van der Waals surface area contributed by atoms with E-state index in [4.69, 9.17) is 10.5 Å². The Bertz CT molecular complexity index is 1190. The van der Waals surface area contributed by atoms with Crippen LogP contribution in [0.5, 0.6) is 5.75 Å². The van der Waals surface area contributed by atoms with Crippen molar-refractivity contribution in [2.75, 3.05) is 18.4 Å². The quantitative estimate of drug-likeness (QED) is 0.523. The van der Waals surface area contributed by atoms with Gasteiger partial charge < -0.3 is 15.8 Å². The minimum atomic E-state index is -4.82. The van der Waals surface area contributed by atoms with Crippen molar-refractivity contribution >= 4 is 22.8 Å². The molecule has 33 heavy (non-hydrogen) atoms. The van der Waals surface area contributed by atoms with E-state index in [1.807, 2.05) is 6.92 Å². The molecule has 7 nitrogen and oxygen atoms in total. The average molecular weight is 463 g/mol. The number of hydrogen-bond acceptors (Lipinski definition) is 6. The minimum Gasteiger partial charge on any atom is -0.408 e. The number of nitrogens with one attached hydrogen (secondary N) is 1. The second-order valence-electron chi connectivity index (χ2n) is 7.86. The second-order valence-corrected chi connectivity index (χ2v) is 7.86. The Balaban J connectivity index is 1.74. The van der Waals surface area contributed by atoms with Crippen molar-refractivity contribution in [1.29, 1.82) is 0 Å². The Kier molecular flexibility index (Phi) is 6.07. The molecule has 174 valence electrons. The van der Waals surface area contributed by atoms with Crippen molar-refractivity contribution in [2.45, 2.75) is 31.6 Å². The summed E-state index contributed by atoms with van der Waals surface area (Å²) in [5.74, 6) is -0.881. The third kappa shape index (κ3) is 4.82. The summed E-state index contributed by atoms with van der Waals surface area (Å²) >= 11 is 0. The Morgan fingerprint density at radius 3 is 2.73 bits per heavy atom. The topological polar surface area (TPSA) is 93.4 Å². The summed E-state index contributed by atoms with van der Waals surface area (Å²) < 4.78 is 58.9. The van der Waals surface area contributed by atoms with Gasteiger partial charge >= 0.3 is 12.3 Å². The molecule has 1 aliphatic heterocycles.